The van der Waals surface area contributed by atoms with Crippen LogP contribution in [-0.4, -0.2) is 56.3 Å². The molecular formula is C6H6F3NO7. The zero-order chi connectivity index (χ0) is 14.0. The number of carboxylic acids is 2. The predicted molar refractivity (Wildman–Crippen MR) is 40.4 cm³/mol. The van der Waals surface area contributed by atoms with Crippen molar-refractivity contribution in [2.24, 2.45) is 0 Å². The normalized spacial score (nSPS) is 16.8. The number of halogens is 3. The highest BCUT2D eigenvalue weighted by molar-refractivity contribution is 5.92. The molecule has 8 nitrogen and oxygen atoms in total. The minimum Gasteiger partial charge on any atom is -0.479 e. The molecule has 0 saturated carbocycles. The van der Waals surface area contributed by atoms with Gasteiger partial charge < -0.3 is 25.7 Å². The van der Waals surface area contributed by atoms with Crippen molar-refractivity contribution in [2.45, 2.75) is 18.0 Å². The summed E-state index contributed by atoms with van der Waals surface area (Å²) in [6.07, 6.45) is -8.73. The summed E-state index contributed by atoms with van der Waals surface area (Å²) >= 11 is 0. The smallest absolute Gasteiger partial charge is 0.471 e. The first-order valence-electron chi connectivity index (χ1n) is 3.69. The molecule has 0 bridgehead atoms. The van der Waals surface area contributed by atoms with E-state index in [1.165, 1.54) is 0 Å². The Bertz CT molecular complexity index is 354. The summed E-state index contributed by atoms with van der Waals surface area (Å²) in [6, 6.07) is 0. The van der Waals surface area contributed by atoms with Crippen molar-refractivity contribution in [3.8, 4) is 0 Å². The van der Waals surface area contributed by atoms with Crippen LogP contribution in [0.5, 0.6) is 0 Å². The minimum atomic E-state index is -5.55. The van der Waals surface area contributed by atoms with Crippen LogP contribution < -0.4 is 5.32 Å². The largest absolute Gasteiger partial charge is 0.479 e. The molecule has 98 valence electrons. The molecule has 0 aliphatic rings. The van der Waals surface area contributed by atoms with Crippen molar-refractivity contribution < 1.29 is 48.0 Å². The third kappa shape index (κ3) is 3.29. The highest BCUT2D eigenvalue weighted by atomic mass is 19.4. The molecule has 0 aliphatic carbocycles. The Kier molecular flexibility index (Phi) is 4.04. The number of aliphatic carboxylic acids is 2. The van der Waals surface area contributed by atoms with Gasteiger partial charge in [0.25, 0.3) is 5.72 Å². The standard InChI is InChI=1S/C6H6F3NO7/c7-6(8,9)3(14)10-5(17,4(15)16)1(11)2(12)13/h1,11,17H,(H,10,14)(H,12,13)(H,15,16)/t1-,5+/m0/s1. The van der Waals surface area contributed by atoms with E-state index >= 15 is 0 Å². The lowest BCUT2D eigenvalue weighted by Gasteiger charge is -2.27. The van der Waals surface area contributed by atoms with E-state index in [1.807, 2.05) is 0 Å². The van der Waals surface area contributed by atoms with E-state index in [1.54, 1.807) is 0 Å². The van der Waals surface area contributed by atoms with Gasteiger partial charge in [0, 0.05) is 0 Å². The SMILES string of the molecule is O=C(O)[C@H](O)[C@](O)(NC(=O)C(F)(F)F)C(=O)O. The molecule has 2 atom stereocenters. The van der Waals surface area contributed by atoms with Gasteiger partial charge in [-0.2, -0.15) is 13.2 Å². The van der Waals surface area contributed by atoms with Crippen LogP contribution in [0.1, 0.15) is 0 Å². The summed E-state index contributed by atoms with van der Waals surface area (Å²) in [5.41, 5.74) is -3.99. The molecule has 0 radical (unpaired) electrons. The Hall–Kier alpha value is -1.88. The van der Waals surface area contributed by atoms with Gasteiger partial charge in [0.1, 0.15) is 0 Å². The number of rotatable bonds is 4. The molecule has 0 aromatic heterocycles. The van der Waals surface area contributed by atoms with Crippen LogP contribution in [0.4, 0.5) is 13.2 Å². The molecule has 0 unspecified atom stereocenters. The van der Waals surface area contributed by atoms with Gasteiger partial charge >= 0.3 is 24.0 Å². The first-order valence-corrected chi connectivity index (χ1v) is 3.69. The molecule has 0 heterocycles. The van der Waals surface area contributed by atoms with Crippen molar-refractivity contribution >= 4 is 17.8 Å². The number of carbonyl (C=O) groups excluding carboxylic acids is 1. The lowest BCUT2D eigenvalue weighted by molar-refractivity contribution is -0.201. The monoisotopic (exact) mass is 261 g/mol. The second-order valence-corrected chi connectivity index (χ2v) is 2.76. The number of carbonyl (C=O) groups is 3. The van der Waals surface area contributed by atoms with Gasteiger partial charge in [0.2, 0.25) is 6.10 Å². The van der Waals surface area contributed by atoms with Gasteiger partial charge in [0.15, 0.2) is 0 Å². The van der Waals surface area contributed by atoms with Crippen molar-refractivity contribution in [1.82, 2.24) is 5.32 Å². The van der Waals surface area contributed by atoms with Crippen LogP contribution in [0, 0.1) is 0 Å². The number of amides is 1. The van der Waals surface area contributed by atoms with E-state index in [0.717, 1.165) is 0 Å². The van der Waals surface area contributed by atoms with Crippen LogP contribution in [0.15, 0.2) is 0 Å². The highest BCUT2D eigenvalue weighted by Crippen LogP contribution is 2.17. The molecule has 0 saturated heterocycles. The molecule has 0 aromatic rings. The Morgan fingerprint density at radius 3 is 1.76 bits per heavy atom. The van der Waals surface area contributed by atoms with Crippen LogP contribution in [0.2, 0.25) is 0 Å². The van der Waals surface area contributed by atoms with Crippen LogP contribution in [0.3, 0.4) is 0 Å². The molecule has 0 aliphatic heterocycles. The molecule has 5 N–H and O–H groups in total. The average Bonchev–Trinajstić information content (AvgIpc) is 2.14. The van der Waals surface area contributed by atoms with E-state index in [9.17, 15) is 27.6 Å². The Balaban J connectivity index is 5.20. The molecule has 0 aromatic carbocycles. The van der Waals surface area contributed by atoms with Gasteiger partial charge in [-0.1, -0.05) is 0 Å². The minimum absolute atomic E-state index is 0.475. The van der Waals surface area contributed by atoms with Crippen molar-refractivity contribution in [3.05, 3.63) is 0 Å². The zero-order valence-electron chi connectivity index (χ0n) is 7.72. The van der Waals surface area contributed by atoms with E-state index in [-0.39, 0.29) is 0 Å². The third-order valence-electron chi connectivity index (χ3n) is 1.52. The van der Waals surface area contributed by atoms with Crippen LogP contribution in [0.25, 0.3) is 0 Å². The maximum absolute atomic E-state index is 11.8. The lowest BCUT2D eigenvalue weighted by atomic mass is 10.1. The number of hydrogen-bond donors (Lipinski definition) is 5. The Morgan fingerprint density at radius 1 is 1.12 bits per heavy atom. The van der Waals surface area contributed by atoms with E-state index in [2.05, 4.69) is 0 Å². The van der Waals surface area contributed by atoms with Gasteiger partial charge in [-0.15, -0.1) is 0 Å². The van der Waals surface area contributed by atoms with Gasteiger partial charge in [-0.05, 0) is 0 Å². The molecule has 0 fully saturated rings. The zero-order valence-corrected chi connectivity index (χ0v) is 7.72. The number of nitrogens with one attached hydrogen (secondary N) is 1. The first kappa shape index (κ1) is 15.1. The molecule has 1 amide bonds. The lowest BCUT2D eigenvalue weighted by Crippen LogP contribution is -2.66. The molecule has 0 rings (SSSR count). The fourth-order valence-corrected chi connectivity index (χ4v) is 0.661. The van der Waals surface area contributed by atoms with E-state index in [4.69, 9.17) is 20.4 Å². The fraction of sp³-hybridized carbons (Fsp3) is 0.500. The van der Waals surface area contributed by atoms with Crippen LogP contribution in [-0.2, 0) is 14.4 Å². The summed E-state index contributed by atoms with van der Waals surface area (Å²) in [6.45, 7) is 0. The van der Waals surface area contributed by atoms with Gasteiger partial charge in [-0.25, -0.2) is 9.59 Å². The Morgan fingerprint density at radius 2 is 1.53 bits per heavy atom. The number of hydrogen-bond acceptors (Lipinski definition) is 5. The predicted octanol–water partition coefficient (Wildman–Crippen LogP) is -2.12. The first-order chi connectivity index (χ1) is 7.43. The highest BCUT2D eigenvalue weighted by Gasteiger charge is 2.53. The van der Waals surface area contributed by atoms with Crippen molar-refractivity contribution in [1.29, 1.82) is 0 Å². The van der Waals surface area contributed by atoms with Gasteiger partial charge in [0.05, 0.1) is 0 Å². The van der Waals surface area contributed by atoms with E-state index < -0.39 is 35.9 Å². The van der Waals surface area contributed by atoms with Crippen molar-refractivity contribution in [2.75, 3.05) is 0 Å². The maximum atomic E-state index is 11.8. The van der Waals surface area contributed by atoms with Crippen molar-refractivity contribution in [3.63, 3.8) is 0 Å². The number of aliphatic hydroxyl groups is 2. The molecular weight excluding hydrogens is 255 g/mol. The summed E-state index contributed by atoms with van der Waals surface area (Å²) in [4.78, 5) is 30.9. The number of aliphatic hydroxyl groups excluding tert-OH is 1. The maximum Gasteiger partial charge on any atom is 0.471 e. The second-order valence-electron chi connectivity index (χ2n) is 2.76. The van der Waals surface area contributed by atoms with Gasteiger partial charge in [-0.3, -0.25) is 4.79 Å². The van der Waals surface area contributed by atoms with Crippen LogP contribution >= 0.6 is 0 Å². The molecule has 0 spiro atoms. The molecule has 11 heteroatoms. The summed E-state index contributed by atoms with van der Waals surface area (Å²) in [5.74, 6) is -7.81. The summed E-state index contributed by atoms with van der Waals surface area (Å²) in [7, 11) is 0. The summed E-state index contributed by atoms with van der Waals surface area (Å²) in [5, 5.41) is 34.7. The summed E-state index contributed by atoms with van der Waals surface area (Å²) < 4.78 is 35.3. The topological polar surface area (TPSA) is 144 Å². The second kappa shape index (κ2) is 4.55. The Labute approximate surface area is 90.3 Å². The number of carboxylic acid groups (broad SMARTS) is 2. The fourth-order valence-electron chi connectivity index (χ4n) is 0.661. The molecule has 17 heavy (non-hydrogen) atoms. The van der Waals surface area contributed by atoms with E-state index in [0.29, 0.717) is 5.32 Å². The quantitative estimate of drug-likeness (QED) is 0.364. The average molecular weight is 261 g/mol. The third-order valence-corrected chi connectivity index (χ3v) is 1.52. The number of alkyl halides is 3.